The summed E-state index contributed by atoms with van der Waals surface area (Å²) in [5.74, 6) is 1.33. The Labute approximate surface area is 197 Å². The molecule has 3 aromatic carbocycles. The predicted molar refractivity (Wildman–Crippen MR) is 133 cm³/mol. The number of aromatic nitrogens is 1. The molecule has 6 heteroatoms. The van der Waals surface area contributed by atoms with Crippen molar-refractivity contribution in [2.45, 2.75) is 32.2 Å². The number of benzene rings is 3. The third-order valence-electron chi connectivity index (χ3n) is 6.15. The first-order valence-corrected chi connectivity index (χ1v) is 12.0. The van der Waals surface area contributed by atoms with Crippen molar-refractivity contribution in [1.29, 1.82) is 0 Å². The van der Waals surface area contributed by atoms with E-state index in [1.54, 1.807) is 19.1 Å². The molecule has 1 aliphatic rings. The van der Waals surface area contributed by atoms with Crippen LogP contribution in [0.2, 0.25) is 0 Å². The molecule has 5 rings (SSSR count). The number of thiazole rings is 1. The highest BCUT2D eigenvalue weighted by Crippen LogP contribution is 2.41. The summed E-state index contributed by atoms with van der Waals surface area (Å²) in [6.07, 6.45) is 4.52. The van der Waals surface area contributed by atoms with Crippen molar-refractivity contribution in [1.82, 2.24) is 4.98 Å². The molecule has 1 aromatic heterocycles. The van der Waals surface area contributed by atoms with Gasteiger partial charge in [0.15, 0.2) is 5.13 Å². The van der Waals surface area contributed by atoms with E-state index >= 15 is 0 Å². The maximum atomic E-state index is 13.9. The fraction of sp³-hybridized carbons (Fsp3) is 0.259. The van der Waals surface area contributed by atoms with Crippen LogP contribution >= 0.6 is 11.3 Å². The zero-order chi connectivity index (χ0) is 22.8. The Balaban J connectivity index is 1.60. The van der Waals surface area contributed by atoms with E-state index in [9.17, 15) is 4.79 Å². The summed E-state index contributed by atoms with van der Waals surface area (Å²) in [6, 6.07) is 19.9. The zero-order valence-corrected chi connectivity index (χ0v) is 19.7. The maximum absolute atomic E-state index is 13.9. The summed E-state index contributed by atoms with van der Waals surface area (Å²) < 4.78 is 12.0. The van der Waals surface area contributed by atoms with Gasteiger partial charge in [0, 0.05) is 5.56 Å². The van der Waals surface area contributed by atoms with Crippen LogP contribution < -0.4 is 14.4 Å². The standard InChI is InChI=1S/C27H26N2O3S/c1-31-22-14-15-23(32-2)25-24(22)28-27(33-25)29(17-18-8-4-3-5-9-18)26(30)21-13-12-19-10-6-7-11-20(19)16-21/h3-5,8-9,12-16H,6-7,10-11,17H2,1-2H3. The number of carbonyl (C=O) groups is 1. The van der Waals surface area contributed by atoms with Crippen molar-refractivity contribution in [3.63, 3.8) is 0 Å². The Morgan fingerprint density at radius 2 is 1.67 bits per heavy atom. The molecular formula is C27H26N2O3S. The van der Waals surface area contributed by atoms with Gasteiger partial charge in [0.2, 0.25) is 0 Å². The Kier molecular flexibility index (Phi) is 6.01. The van der Waals surface area contributed by atoms with Gasteiger partial charge < -0.3 is 9.47 Å². The van der Waals surface area contributed by atoms with Gasteiger partial charge in [0.05, 0.1) is 20.8 Å². The number of fused-ring (bicyclic) bond motifs is 2. The van der Waals surface area contributed by atoms with Crippen LogP contribution in [0.15, 0.2) is 60.7 Å². The van der Waals surface area contributed by atoms with Crippen molar-refractivity contribution in [2.75, 3.05) is 19.1 Å². The third-order valence-corrected chi connectivity index (χ3v) is 7.25. The van der Waals surface area contributed by atoms with Crippen LogP contribution in [0.1, 0.15) is 39.9 Å². The quantitative estimate of drug-likeness (QED) is 0.353. The number of ether oxygens (including phenoxy) is 2. The van der Waals surface area contributed by atoms with E-state index in [2.05, 4.69) is 12.1 Å². The van der Waals surface area contributed by atoms with E-state index in [1.807, 2.05) is 48.5 Å². The normalized spacial score (nSPS) is 12.9. The van der Waals surface area contributed by atoms with Crippen molar-refractivity contribution in [2.24, 2.45) is 0 Å². The van der Waals surface area contributed by atoms with Crippen molar-refractivity contribution in [3.8, 4) is 11.5 Å². The van der Waals surface area contributed by atoms with Crippen LogP contribution in [0.5, 0.6) is 11.5 Å². The van der Waals surface area contributed by atoms with Crippen molar-refractivity contribution < 1.29 is 14.3 Å². The zero-order valence-electron chi connectivity index (χ0n) is 18.8. The minimum atomic E-state index is -0.0517. The molecule has 0 bridgehead atoms. The summed E-state index contributed by atoms with van der Waals surface area (Å²) >= 11 is 1.45. The van der Waals surface area contributed by atoms with Crippen molar-refractivity contribution >= 4 is 32.6 Å². The Morgan fingerprint density at radius 3 is 2.42 bits per heavy atom. The van der Waals surface area contributed by atoms with E-state index in [0.29, 0.717) is 28.5 Å². The highest BCUT2D eigenvalue weighted by Gasteiger charge is 2.25. The highest BCUT2D eigenvalue weighted by atomic mass is 32.1. The lowest BCUT2D eigenvalue weighted by molar-refractivity contribution is 0.0985. The lowest BCUT2D eigenvalue weighted by atomic mass is 9.90. The molecule has 33 heavy (non-hydrogen) atoms. The number of methoxy groups -OCH3 is 2. The van der Waals surface area contributed by atoms with Gasteiger partial charge in [-0.3, -0.25) is 9.69 Å². The molecule has 4 aromatic rings. The molecule has 0 saturated carbocycles. The Morgan fingerprint density at radius 1 is 0.939 bits per heavy atom. The van der Waals surface area contributed by atoms with Crippen LogP contribution in [-0.2, 0) is 19.4 Å². The summed E-state index contributed by atoms with van der Waals surface area (Å²) in [6.45, 7) is 0.432. The van der Waals surface area contributed by atoms with Gasteiger partial charge in [0.1, 0.15) is 21.7 Å². The summed E-state index contributed by atoms with van der Waals surface area (Å²) in [4.78, 5) is 20.5. The Hall–Kier alpha value is -3.38. The molecule has 0 fully saturated rings. The Bertz CT molecular complexity index is 1260. The topological polar surface area (TPSA) is 51.7 Å². The molecule has 0 atom stereocenters. The second-order valence-corrected chi connectivity index (χ2v) is 9.19. The number of amides is 1. The largest absolute Gasteiger partial charge is 0.495 e. The highest BCUT2D eigenvalue weighted by molar-refractivity contribution is 7.22. The third kappa shape index (κ3) is 4.18. The fourth-order valence-electron chi connectivity index (χ4n) is 4.40. The first-order valence-electron chi connectivity index (χ1n) is 11.2. The second kappa shape index (κ2) is 9.24. The molecule has 0 saturated heterocycles. The van der Waals surface area contributed by atoms with E-state index in [4.69, 9.17) is 14.5 Å². The minimum Gasteiger partial charge on any atom is -0.495 e. The van der Waals surface area contributed by atoms with Gasteiger partial charge in [-0.15, -0.1) is 0 Å². The number of hydrogen-bond donors (Lipinski definition) is 0. The SMILES string of the molecule is COc1ccc(OC)c2sc(N(Cc3ccccc3)C(=O)c3ccc4c(c3)CCCC4)nc12. The van der Waals surface area contributed by atoms with Gasteiger partial charge in [-0.2, -0.15) is 0 Å². The molecule has 0 N–H and O–H groups in total. The first-order chi connectivity index (χ1) is 16.2. The van der Waals surface area contributed by atoms with Gasteiger partial charge in [-0.1, -0.05) is 47.7 Å². The number of rotatable bonds is 6. The summed E-state index contributed by atoms with van der Waals surface area (Å²) in [5.41, 5.74) is 5.10. The van der Waals surface area contributed by atoms with Gasteiger partial charge >= 0.3 is 0 Å². The van der Waals surface area contributed by atoms with Crippen molar-refractivity contribution in [3.05, 3.63) is 82.9 Å². The number of carbonyl (C=O) groups excluding carboxylic acids is 1. The molecule has 5 nitrogen and oxygen atoms in total. The number of nitrogens with zero attached hydrogens (tertiary/aromatic N) is 2. The lowest BCUT2D eigenvalue weighted by Gasteiger charge is -2.22. The van der Waals surface area contributed by atoms with Crippen LogP contribution in [-0.4, -0.2) is 25.1 Å². The lowest BCUT2D eigenvalue weighted by Crippen LogP contribution is -2.30. The molecule has 0 unspecified atom stereocenters. The number of anilines is 1. The van der Waals surface area contributed by atoms with E-state index in [0.717, 1.165) is 28.9 Å². The van der Waals surface area contributed by atoms with Gasteiger partial charge in [-0.25, -0.2) is 4.98 Å². The average molecular weight is 459 g/mol. The molecule has 1 amide bonds. The fourth-order valence-corrected chi connectivity index (χ4v) is 5.48. The second-order valence-electron chi connectivity index (χ2n) is 8.21. The molecular weight excluding hydrogens is 432 g/mol. The van der Waals surface area contributed by atoms with E-state index < -0.39 is 0 Å². The van der Waals surface area contributed by atoms with Crippen LogP contribution in [0.3, 0.4) is 0 Å². The monoisotopic (exact) mass is 458 g/mol. The van der Waals surface area contributed by atoms with Crippen LogP contribution in [0, 0.1) is 0 Å². The van der Waals surface area contributed by atoms with Crippen LogP contribution in [0.4, 0.5) is 5.13 Å². The summed E-state index contributed by atoms with van der Waals surface area (Å²) in [5, 5.41) is 0.624. The molecule has 168 valence electrons. The average Bonchev–Trinajstić information content (AvgIpc) is 3.32. The number of hydrogen-bond acceptors (Lipinski definition) is 5. The van der Waals surface area contributed by atoms with E-state index in [1.165, 1.54) is 35.3 Å². The molecule has 0 aliphatic heterocycles. The first kappa shape index (κ1) is 21.5. The van der Waals surface area contributed by atoms with Gasteiger partial charge in [-0.05, 0) is 66.6 Å². The maximum Gasteiger partial charge on any atom is 0.260 e. The number of aryl methyl sites for hydroxylation is 2. The molecule has 0 radical (unpaired) electrons. The molecule has 1 heterocycles. The predicted octanol–water partition coefficient (Wildman–Crippen LogP) is 6.04. The smallest absolute Gasteiger partial charge is 0.260 e. The van der Waals surface area contributed by atoms with Crippen LogP contribution in [0.25, 0.3) is 10.2 Å². The minimum absolute atomic E-state index is 0.0517. The van der Waals surface area contributed by atoms with Gasteiger partial charge in [0.25, 0.3) is 5.91 Å². The molecule has 0 spiro atoms. The van der Waals surface area contributed by atoms with E-state index in [-0.39, 0.29) is 5.91 Å². The molecule has 1 aliphatic carbocycles. The summed E-state index contributed by atoms with van der Waals surface area (Å²) in [7, 11) is 3.26.